The molecule has 0 aliphatic carbocycles. The summed E-state index contributed by atoms with van der Waals surface area (Å²) in [6.45, 7) is 5.89. The Hall–Kier alpha value is -1.61. The fourth-order valence-electron chi connectivity index (χ4n) is 2.18. The molecule has 0 saturated carbocycles. The van der Waals surface area contributed by atoms with Gasteiger partial charge in [0.25, 0.3) is 0 Å². The maximum Gasteiger partial charge on any atom is 0.179 e. The Bertz CT molecular complexity index is 602. The number of carbonyl (C=O) groups excluding carboxylic acids is 1. The molecule has 0 atom stereocenters. The molecule has 0 saturated heterocycles. The van der Waals surface area contributed by atoms with Crippen LogP contribution in [0.5, 0.6) is 0 Å². The standard InChI is InChI=1S/C14H15ClN2O/c1-9-4-12(8-16-7-9)17-10(2)5-13(11(17)3)14(18)6-15/h4-5,7-8H,6H2,1-3H3. The molecule has 0 N–H and O–H groups in total. The van der Waals surface area contributed by atoms with Crippen molar-refractivity contribution < 1.29 is 4.79 Å². The summed E-state index contributed by atoms with van der Waals surface area (Å²) in [6.07, 6.45) is 3.60. The van der Waals surface area contributed by atoms with Gasteiger partial charge in [0.2, 0.25) is 0 Å². The number of hydrogen-bond acceptors (Lipinski definition) is 2. The fourth-order valence-corrected chi connectivity index (χ4v) is 2.32. The van der Waals surface area contributed by atoms with Crippen molar-refractivity contribution >= 4 is 17.4 Å². The Morgan fingerprint density at radius 3 is 2.61 bits per heavy atom. The highest BCUT2D eigenvalue weighted by Crippen LogP contribution is 2.21. The zero-order valence-electron chi connectivity index (χ0n) is 10.7. The molecule has 3 nitrogen and oxygen atoms in total. The SMILES string of the molecule is Cc1cncc(-n2c(C)cc(C(=O)CCl)c2C)c1. The molecule has 0 fully saturated rings. The van der Waals surface area contributed by atoms with Crippen LogP contribution in [0.25, 0.3) is 5.69 Å². The van der Waals surface area contributed by atoms with E-state index in [-0.39, 0.29) is 11.7 Å². The molecule has 0 bridgehead atoms. The normalized spacial score (nSPS) is 10.7. The van der Waals surface area contributed by atoms with Gasteiger partial charge in [0.15, 0.2) is 5.78 Å². The number of nitrogens with zero attached hydrogens (tertiary/aromatic N) is 2. The third kappa shape index (κ3) is 2.18. The van der Waals surface area contributed by atoms with Crippen molar-refractivity contribution in [3.8, 4) is 5.69 Å². The summed E-state index contributed by atoms with van der Waals surface area (Å²) in [4.78, 5) is 15.9. The first-order chi connectivity index (χ1) is 8.54. The molecule has 0 aliphatic heterocycles. The lowest BCUT2D eigenvalue weighted by molar-refractivity contribution is 0.102. The summed E-state index contributed by atoms with van der Waals surface area (Å²) in [6, 6.07) is 3.92. The number of rotatable bonds is 3. The molecule has 0 spiro atoms. The van der Waals surface area contributed by atoms with Crippen molar-refractivity contribution in [2.24, 2.45) is 0 Å². The van der Waals surface area contributed by atoms with Gasteiger partial charge in [-0.25, -0.2) is 0 Å². The van der Waals surface area contributed by atoms with Crippen LogP contribution < -0.4 is 0 Å². The van der Waals surface area contributed by atoms with Crippen LogP contribution >= 0.6 is 11.6 Å². The van der Waals surface area contributed by atoms with Crippen molar-refractivity contribution in [1.82, 2.24) is 9.55 Å². The van der Waals surface area contributed by atoms with E-state index in [9.17, 15) is 4.79 Å². The van der Waals surface area contributed by atoms with Crippen LogP contribution in [0.3, 0.4) is 0 Å². The Kier molecular flexibility index (Phi) is 3.53. The van der Waals surface area contributed by atoms with E-state index >= 15 is 0 Å². The van der Waals surface area contributed by atoms with Gasteiger partial charge in [-0.1, -0.05) is 0 Å². The highest BCUT2D eigenvalue weighted by Gasteiger charge is 2.15. The number of hydrogen-bond donors (Lipinski definition) is 0. The second-order valence-electron chi connectivity index (χ2n) is 4.40. The summed E-state index contributed by atoms with van der Waals surface area (Å²) < 4.78 is 2.03. The Balaban J connectivity index is 2.59. The molecule has 2 aromatic heterocycles. The van der Waals surface area contributed by atoms with Gasteiger partial charge in [0, 0.05) is 23.1 Å². The molecule has 4 heteroatoms. The van der Waals surface area contributed by atoms with Crippen molar-refractivity contribution in [1.29, 1.82) is 0 Å². The van der Waals surface area contributed by atoms with Gasteiger partial charge < -0.3 is 4.57 Å². The van der Waals surface area contributed by atoms with Crippen LogP contribution in [0, 0.1) is 20.8 Å². The van der Waals surface area contributed by atoms with Gasteiger partial charge in [0.05, 0.1) is 17.8 Å². The number of pyridine rings is 1. The summed E-state index contributed by atoms with van der Waals surface area (Å²) in [5.41, 5.74) is 4.66. The molecule has 0 aromatic carbocycles. The van der Waals surface area contributed by atoms with E-state index in [1.807, 2.05) is 43.7 Å². The van der Waals surface area contributed by atoms with E-state index in [0.29, 0.717) is 5.56 Å². The maximum absolute atomic E-state index is 11.7. The predicted octanol–water partition coefficient (Wildman–Crippen LogP) is 3.22. The summed E-state index contributed by atoms with van der Waals surface area (Å²) in [5, 5.41) is 0. The minimum absolute atomic E-state index is 0.0103. The molecule has 2 rings (SSSR count). The maximum atomic E-state index is 11.7. The lowest BCUT2D eigenvalue weighted by atomic mass is 10.2. The van der Waals surface area contributed by atoms with Crippen molar-refractivity contribution in [3.05, 3.63) is 47.0 Å². The number of halogens is 1. The molecule has 18 heavy (non-hydrogen) atoms. The summed E-state index contributed by atoms with van der Waals surface area (Å²) in [5.74, 6) is -0.0345. The molecule has 0 unspecified atom stereocenters. The van der Waals surface area contributed by atoms with Crippen molar-refractivity contribution in [2.45, 2.75) is 20.8 Å². The first kappa shape index (κ1) is 12.8. The molecule has 2 heterocycles. The lowest BCUT2D eigenvalue weighted by Crippen LogP contribution is -2.04. The molecule has 94 valence electrons. The van der Waals surface area contributed by atoms with Crippen LogP contribution in [-0.2, 0) is 0 Å². The minimum Gasteiger partial charge on any atom is -0.316 e. The summed E-state index contributed by atoms with van der Waals surface area (Å²) in [7, 11) is 0. The molecule has 0 amide bonds. The zero-order valence-corrected chi connectivity index (χ0v) is 11.5. The average Bonchev–Trinajstić information content (AvgIpc) is 2.64. The quantitative estimate of drug-likeness (QED) is 0.629. The number of carbonyl (C=O) groups is 1. The van der Waals surface area contributed by atoms with Crippen LogP contribution in [0.15, 0.2) is 24.5 Å². The molecular weight excluding hydrogens is 248 g/mol. The molecule has 0 radical (unpaired) electrons. The highest BCUT2D eigenvalue weighted by molar-refractivity contribution is 6.30. The summed E-state index contributed by atoms with van der Waals surface area (Å²) >= 11 is 5.62. The van der Waals surface area contributed by atoms with E-state index in [2.05, 4.69) is 4.98 Å². The number of aromatic nitrogens is 2. The van der Waals surface area contributed by atoms with E-state index in [1.54, 1.807) is 6.20 Å². The Morgan fingerprint density at radius 1 is 1.28 bits per heavy atom. The van der Waals surface area contributed by atoms with Gasteiger partial charge in [-0.2, -0.15) is 0 Å². The Morgan fingerprint density at radius 2 is 2.00 bits per heavy atom. The highest BCUT2D eigenvalue weighted by atomic mass is 35.5. The van der Waals surface area contributed by atoms with Crippen molar-refractivity contribution in [3.63, 3.8) is 0 Å². The van der Waals surface area contributed by atoms with Crippen LogP contribution in [-0.4, -0.2) is 21.2 Å². The smallest absolute Gasteiger partial charge is 0.179 e. The van der Waals surface area contributed by atoms with E-state index in [0.717, 1.165) is 22.6 Å². The fraction of sp³-hybridized carbons (Fsp3) is 0.286. The molecular formula is C14H15ClN2O. The topological polar surface area (TPSA) is 34.9 Å². The van der Waals surface area contributed by atoms with Crippen LogP contribution in [0.4, 0.5) is 0 Å². The predicted molar refractivity (Wildman–Crippen MR) is 72.8 cm³/mol. The molecule has 0 aliphatic rings. The average molecular weight is 263 g/mol. The second-order valence-corrected chi connectivity index (χ2v) is 4.66. The number of alkyl halides is 1. The van der Waals surface area contributed by atoms with Gasteiger partial charge >= 0.3 is 0 Å². The number of aryl methyl sites for hydroxylation is 2. The van der Waals surface area contributed by atoms with Crippen molar-refractivity contribution in [2.75, 3.05) is 5.88 Å². The van der Waals surface area contributed by atoms with E-state index in [1.165, 1.54) is 0 Å². The zero-order chi connectivity index (χ0) is 13.3. The minimum atomic E-state index is -0.0448. The molecule has 2 aromatic rings. The first-order valence-electron chi connectivity index (χ1n) is 5.74. The van der Waals surface area contributed by atoms with Crippen LogP contribution in [0.2, 0.25) is 0 Å². The van der Waals surface area contributed by atoms with E-state index < -0.39 is 0 Å². The first-order valence-corrected chi connectivity index (χ1v) is 6.28. The lowest BCUT2D eigenvalue weighted by Gasteiger charge is -2.09. The Labute approximate surface area is 111 Å². The van der Waals surface area contributed by atoms with Gasteiger partial charge in [0.1, 0.15) is 0 Å². The monoisotopic (exact) mass is 262 g/mol. The third-order valence-corrected chi connectivity index (χ3v) is 3.21. The largest absolute Gasteiger partial charge is 0.316 e. The van der Waals surface area contributed by atoms with Gasteiger partial charge in [-0.3, -0.25) is 9.78 Å². The van der Waals surface area contributed by atoms with Gasteiger partial charge in [-0.05, 0) is 38.5 Å². The second kappa shape index (κ2) is 4.94. The third-order valence-electron chi connectivity index (χ3n) is 2.97. The number of ketones is 1. The van der Waals surface area contributed by atoms with Crippen LogP contribution in [0.1, 0.15) is 27.3 Å². The number of Topliss-reactive ketones (excluding diaryl/α,β-unsaturated/α-hetero) is 1. The van der Waals surface area contributed by atoms with Gasteiger partial charge in [-0.15, -0.1) is 11.6 Å². The van der Waals surface area contributed by atoms with E-state index in [4.69, 9.17) is 11.6 Å².